The molecule has 7 heteroatoms. The van der Waals surface area contributed by atoms with E-state index in [0.717, 1.165) is 6.42 Å². The van der Waals surface area contributed by atoms with E-state index in [9.17, 15) is 0 Å². The van der Waals surface area contributed by atoms with Crippen molar-refractivity contribution in [3.63, 3.8) is 0 Å². The standard InChI is InChI=1S/C14H19N2O3PS/c1-12(9-13-5-3-2-4-6-13)16-10-14(17-11-16)15-20(21)18-7-8-19-20/h2-6,12H,7-11H2,1H3/t12-/m0/s1. The molecule has 3 rings (SSSR count). The molecule has 0 spiro atoms. The highest BCUT2D eigenvalue weighted by atomic mass is 32.5. The van der Waals surface area contributed by atoms with Gasteiger partial charge in [0.15, 0.2) is 0 Å². The van der Waals surface area contributed by atoms with Crippen LogP contribution in [-0.2, 0) is 32.0 Å². The average molecular weight is 326 g/mol. The Bertz CT molecular complexity index is 557. The smallest absolute Gasteiger partial charge is 0.312 e. The summed E-state index contributed by atoms with van der Waals surface area (Å²) >= 11 is 5.29. The Hall–Kier alpha value is -0.780. The third-order valence-electron chi connectivity index (χ3n) is 3.56. The second-order valence-corrected chi connectivity index (χ2v) is 8.23. The fraction of sp³-hybridized carbons (Fsp3) is 0.500. The van der Waals surface area contributed by atoms with Crippen molar-refractivity contribution in [3.8, 4) is 0 Å². The topological polar surface area (TPSA) is 43.3 Å². The zero-order valence-electron chi connectivity index (χ0n) is 12.0. The lowest BCUT2D eigenvalue weighted by Crippen LogP contribution is -2.32. The zero-order valence-corrected chi connectivity index (χ0v) is 13.7. The van der Waals surface area contributed by atoms with Crippen molar-refractivity contribution in [2.75, 3.05) is 26.5 Å². The quantitative estimate of drug-likeness (QED) is 0.796. The molecule has 0 unspecified atom stereocenters. The van der Waals surface area contributed by atoms with Crippen LogP contribution < -0.4 is 0 Å². The lowest BCUT2D eigenvalue weighted by Gasteiger charge is -2.21. The first-order valence-electron chi connectivity index (χ1n) is 7.04. The Morgan fingerprint density at radius 1 is 1.29 bits per heavy atom. The molecule has 2 saturated heterocycles. The van der Waals surface area contributed by atoms with Gasteiger partial charge < -0.3 is 13.8 Å². The van der Waals surface area contributed by atoms with Gasteiger partial charge in [0.25, 0.3) is 0 Å². The number of ether oxygens (including phenoxy) is 1. The molecule has 0 saturated carbocycles. The average Bonchev–Trinajstić information content (AvgIpc) is 3.10. The first-order valence-corrected chi connectivity index (χ1v) is 9.63. The van der Waals surface area contributed by atoms with Gasteiger partial charge in [-0.3, -0.25) is 4.90 Å². The molecule has 114 valence electrons. The summed E-state index contributed by atoms with van der Waals surface area (Å²) in [5, 5.41) is 0. The van der Waals surface area contributed by atoms with E-state index in [4.69, 9.17) is 25.6 Å². The van der Waals surface area contributed by atoms with Crippen LogP contribution in [0.1, 0.15) is 12.5 Å². The number of benzene rings is 1. The molecule has 0 N–H and O–H groups in total. The molecule has 0 aliphatic carbocycles. The van der Waals surface area contributed by atoms with Crippen LogP contribution >= 0.6 is 6.64 Å². The van der Waals surface area contributed by atoms with E-state index in [1.54, 1.807) is 0 Å². The lowest BCUT2D eigenvalue weighted by molar-refractivity contribution is 0.153. The van der Waals surface area contributed by atoms with Crippen LogP contribution in [0, 0.1) is 0 Å². The van der Waals surface area contributed by atoms with E-state index in [0.29, 0.717) is 38.4 Å². The monoisotopic (exact) mass is 326 g/mol. The molecule has 0 bridgehead atoms. The third-order valence-corrected chi connectivity index (χ3v) is 5.92. The largest absolute Gasteiger partial charge is 0.464 e. The summed E-state index contributed by atoms with van der Waals surface area (Å²) in [6, 6.07) is 10.8. The molecule has 1 aromatic rings. The maximum absolute atomic E-state index is 5.63. The van der Waals surface area contributed by atoms with Crippen LogP contribution in [0.15, 0.2) is 35.1 Å². The van der Waals surface area contributed by atoms with Crippen LogP contribution in [0.25, 0.3) is 0 Å². The van der Waals surface area contributed by atoms with E-state index in [1.165, 1.54) is 5.56 Å². The third kappa shape index (κ3) is 3.90. The molecule has 2 aliphatic heterocycles. The van der Waals surface area contributed by atoms with Crippen molar-refractivity contribution in [2.45, 2.75) is 19.4 Å². The molecule has 2 aliphatic rings. The van der Waals surface area contributed by atoms with Gasteiger partial charge >= 0.3 is 6.64 Å². The predicted molar refractivity (Wildman–Crippen MR) is 85.9 cm³/mol. The molecule has 0 amide bonds. The van der Waals surface area contributed by atoms with Crippen LogP contribution in [0.2, 0.25) is 0 Å². The summed E-state index contributed by atoms with van der Waals surface area (Å²) in [5.74, 6) is 0.639. The summed E-state index contributed by atoms with van der Waals surface area (Å²) in [4.78, 5) is 2.24. The van der Waals surface area contributed by atoms with E-state index < -0.39 is 6.64 Å². The predicted octanol–water partition coefficient (Wildman–Crippen LogP) is 2.58. The number of hydrogen-bond acceptors (Lipinski definition) is 5. The minimum atomic E-state index is -2.47. The maximum Gasteiger partial charge on any atom is 0.312 e. The first kappa shape index (κ1) is 15.1. The molecule has 5 nitrogen and oxygen atoms in total. The molecular weight excluding hydrogens is 307 g/mol. The number of hydrogen-bond donors (Lipinski definition) is 0. The summed E-state index contributed by atoms with van der Waals surface area (Å²) in [7, 11) is 0. The molecule has 2 heterocycles. The fourth-order valence-corrected chi connectivity index (χ4v) is 4.30. The van der Waals surface area contributed by atoms with E-state index in [2.05, 4.69) is 40.9 Å². The highest BCUT2D eigenvalue weighted by molar-refractivity contribution is 8.09. The SMILES string of the molecule is C[C@@H](Cc1ccccc1)N1COC(=NP2(=S)OCCO2)C1. The van der Waals surface area contributed by atoms with Crippen molar-refractivity contribution < 1.29 is 13.8 Å². The Morgan fingerprint density at radius 2 is 2.00 bits per heavy atom. The zero-order chi connectivity index (χ0) is 14.7. The van der Waals surface area contributed by atoms with Gasteiger partial charge in [0, 0.05) is 6.04 Å². The highest BCUT2D eigenvalue weighted by Crippen LogP contribution is 2.54. The van der Waals surface area contributed by atoms with Gasteiger partial charge in [-0.05, 0) is 30.7 Å². The molecule has 1 aromatic carbocycles. The second kappa shape index (κ2) is 6.55. The van der Waals surface area contributed by atoms with Crippen LogP contribution in [-0.4, -0.2) is 43.3 Å². The highest BCUT2D eigenvalue weighted by Gasteiger charge is 2.30. The molecule has 21 heavy (non-hydrogen) atoms. The van der Waals surface area contributed by atoms with E-state index in [-0.39, 0.29) is 0 Å². The summed E-state index contributed by atoms with van der Waals surface area (Å²) < 4.78 is 20.8. The Morgan fingerprint density at radius 3 is 2.71 bits per heavy atom. The van der Waals surface area contributed by atoms with Gasteiger partial charge in [-0.2, -0.15) is 4.76 Å². The molecule has 2 fully saturated rings. The first-order chi connectivity index (χ1) is 10.1. The van der Waals surface area contributed by atoms with Crippen molar-refractivity contribution >= 4 is 24.3 Å². The number of rotatable bonds is 4. The second-order valence-electron chi connectivity index (χ2n) is 5.19. The van der Waals surface area contributed by atoms with Gasteiger partial charge in [0.05, 0.1) is 19.8 Å². The van der Waals surface area contributed by atoms with Crippen molar-refractivity contribution in [2.24, 2.45) is 4.76 Å². The number of nitrogens with zero attached hydrogens (tertiary/aromatic N) is 2. The molecule has 0 aromatic heterocycles. The van der Waals surface area contributed by atoms with Crippen LogP contribution in [0.3, 0.4) is 0 Å². The van der Waals surface area contributed by atoms with Crippen molar-refractivity contribution in [1.82, 2.24) is 4.90 Å². The minimum absolute atomic E-state index is 0.380. The normalized spacial score (nSPS) is 25.1. The minimum Gasteiger partial charge on any atom is -0.464 e. The van der Waals surface area contributed by atoms with E-state index >= 15 is 0 Å². The molecule has 0 radical (unpaired) electrons. The van der Waals surface area contributed by atoms with Crippen LogP contribution in [0.4, 0.5) is 0 Å². The summed E-state index contributed by atoms with van der Waals surface area (Å²) in [6.07, 6.45) is 0.985. The van der Waals surface area contributed by atoms with Gasteiger partial charge in [0.1, 0.15) is 6.73 Å². The van der Waals surface area contributed by atoms with Crippen molar-refractivity contribution in [1.29, 1.82) is 0 Å². The molecular formula is C14H19N2O3PS. The van der Waals surface area contributed by atoms with Gasteiger partial charge in [-0.1, -0.05) is 30.3 Å². The molecule has 1 atom stereocenters. The Balaban J connectivity index is 1.59. The fourth-order valence-electron chi connectivity index (χ4n) is 2.39. The Labute approximate surface area is 130 Å². The lowest BCUT2D eigenvalue weighted by atomic mass is 10.1. The van der Waals surface area contributed by atoms with Gasteiger partial charge in [-0.25, -0.2) is 0 Å². The summed E-state index contributed by atoms with van der Waals surface area (Å²) in [5.41, 5.74) is 1.32. The van der Waals surface area contributed by atoms with E-state index in [1.807, 2.05) is 6.07 Å². The van der Waals surface area contributed by atoms with Crippen molar-refractivity contribution in [3.05, 3.63) is 35.9 Å². The Kier molecular flexibility index (Phi) is 4.72. The van der Waals surface area contributed by atoms with Crippen LogP contribution in [0.5, 0.6) is 0 Å². The maximum atomic E-state index is 5.63. The van der Waals surface area contributed by atoms with Gasteiger partial charge in [-0.15, -0.1) is 0 Å². The summed E-state index contributed by atoms with van der Waals surface area (Å²) in [6.45, 7) is 1.99. The van der Waals surface area contributed by atoms with Gasteiger partial charge in [0.2, 0.25) is 5.90 Å².